The van der Waals surface area contributed by atoms with Crippen LogP contribution in [0.5, 0.6) is 0 Å². The molecule has 0 N–H and O–H groups in total. The minimum Gasteiger partial charge on any atom is -0.303 e. The van der Waals surface area contributed by atoms with Crippen molar-refractivity contribution in [1.29, 1.82) is 0 Å². The molecule has 0 bridgehead atoms. The van der Waals surface area contributed by atoms with Gasteiger partial charge in [-0.3, -0.25) is 0 Å². The molecule has 0 aromatic heterocycles. The smallest absolute Gasteiger partial charge is 0.00313 e. The second-order valence-corrected chi connectivity index (χ2v) is 4.91. The van der Waals surface area contributed by atoms with E-state index in [1.54, 1.807) is 0 Å². The molecule has 1 unspecified atom stereocenters. The summed E-state index contributed by atoms with van der Waals surface area (Å²) < 4.78 is 0. The molecule has 1 nitrogen and oxygen atoms in total. The van der Waals surface area contributed by atoms with Crippen molar-refractivity contribution in [2.45, 2.75) is 39.0 Å². The Morgan fingerprint density at radius 1 is 1.31 bits per heavy atom. The molecule has 13 heavy (non-hydrogen) atoms. The van der Waals surface area contributed by atoms with Gasteiger partial charge in [-0.25, -0.2) is 0 Å². The molecule has 0 aromatic rings. The van der Waals surface area contributed by atoms with Gasteiger partial charge in [0.05, 0.1) is 0 Å². The normalized spacial score (nSPS) is 24.0. The molecule has 0 amide bonds. The van der Waals surface area contributed by atoms with E-state index < -0.39 is 0 Å². The lowest BCUT2D eigenvalue weighted by Crippen LogP contribution is -2.21. The molecule has 2 heteroatoms. The summed E-state index contributed by atoms with van der Waals surface area (Å²) in [4.78, 5) is 2.64. The van der Waals surface area contributed by atoms with Gasteiger partial charge in [0.2, 0.25) is 0 Å². The predicted molar refractivity (Wildman–Crippen MR) is 62.5 cm³/mol. The first-order valence-electron chi connectivity index (χ1n) is 5.65. The Morgan fingerprint density at radius 2 is 2.15 bits per heavy atom. The molecule has 0 saturated carbocycles. The molecule has 0 radical (unpaired) electrons. The fourth-order valence-corrected chi connectivity index (χ4v) is 2.45. The monoisotopic (exact) mass is 247 g/mol. The summed E-state index contributed by atoms with van der Waals surface area (Å²) in [5.74, 6) is 0.996. The number of unbranched alkanes of at least 4 members (excludes halogenated alkanes) is 2. The molecule has 1 heterocycles. The summed E-state index contributed by atoms with van der Waals surface area (Å²) in [6, 6.07) is 0. The number of rotatable bonds is 6. The van der Waals surface area contributed by atoms with Gasteiger partial charge in [-0.15, -0.1) is 0 Å². The van der Waals surface area contributed by atoms with E-state index in [4.69, 9.17) is 0 Å². The highest BCUT2D eigenvalue weighted by Gasteiger charge is 2.19. The van der Waals surface area contributed by atoms with Crippen molar-refractivity contribution in [2.24, 2.45) is 5.92 Å². The third-order valence-electron chi connectivity index (χ3n) is 3.06. The van der Waals surface area contributed by atoms with Crippen LogP contribution in [0, 0.1) is 5.92 Å². The first-order valence-corrected chi connectivity index (χ1v) is 6.77. The topological polar surface area (TPSA) is 3.24 Å². The third kappa shape index (κ3) is 4.46. The highest BCUT2D eigenvalue weighted by Crippen LogP contribution is 2.19. The zero-order valence-corrected chi connectivity index (χ0v) is 10.4. The van der Waals surface area contributed by atoms with Crippen LogP contribution in [-0.4, -0.2) is 29.9 Å². The van der Waals surface area contributed by atoms with Crippen molar-refractivity contribution in [3.63, 3.8) is 0 Å². The van der Waals surface area contributed by atoms with E-state index in [9.17, 15) is 0 Å². The van der Waals surface area contributed by atoms with Crippen molar-refractivity contribution in [3.8, 4) is 0 Å². The second kappa shape index (κ2) is 6.83. The largest absolute Gasteiger partial charge is 0.303 e. The number of likely N-dealkylation sites (tertiary alicyclic amines) is 1. The lowest BCUT2D eigenvalue weighted by atomic mass is 10.1. The van der Waals surface area contributed by atoms with Crippen molar-refractivity contribution < 1.29 is 0 Å². The first-order chi connectivity index (χ1) is 6.36. The maximum absolute atomic E-state index is 3.47. The van der Waals surface area contributed by atoms with Crippen molar-refractivity contribution in [1.82, 2.24) is 4.90 Å². The molecular weight excluding hydrogens is 226 g/mol. The van der Waals surface area contributed by atoms with Gasteiger partial charge in [-0.05, 0) is 38.3 Å². The van der Waals surface area contributed by atoms with Crippen LogP contribution in [0.4, 0.5) is 0 Å². The number of alkyl halides is 1. The summed E-state index contributed by atoms with van der Waals surface area (Å²) >= 11 is 3.47. The quantitative estimate of drug-likeness (QED) is 0.515. The molecule has 1 fully saturated rings. The van der Waals surface area contributed by atoms with Crippen molar-refractivity contribution >= 4 is 15.9 Å². The molecule has 1 saturated heterocycles. The van der Waals surface area contributed by atoms with Gasteiger partial charge < -0.3 is 4.90 Å². The maximum Gasteiger partial charge on any atom is 0.00313 e. The predicted octanol–water partition coefficient (Wildman–Crippen LogP) is 3.28. The van der Waals surface area contributed by atoms with Gasteiger partial charge in [0.15, 0.2) is 0 Å². The van der Waals surface area contributed by atoms with Gasteiger partial charge in [0, 0.05) is 11.9 Å². The van der Waals surface area contributed by atoms with E-state index >= 15 is 0 Å². The standard InChI is InChI=1S/C11H22BrN/c1-2-11-6-9-13(10-11)8-5-3-4-7-12/h11H,2-10H2,1H3. The zero-order valence-electron chi connectivity index (χ0n) is 8.77. The highest BCUT2D eigenvalue weighted by molar-refractivity contribution is 9.09. The Labute approximate surface area is 91.0 Å². The van der Waals surface area contributed by atoms with E-state index in [1.165, 1.54) is 57.1 Å². The van der Waals surface area contributed by atoms with Crippen LogP contribution in [0.3, 0.4) is 0 Å². The fourth-order valence-electron chi connectivity index (χ4n) is 2.06. The van der Waals surface area contributed by atoms with Gasteiger partial charge in [-0.2, -0.15) is 0 Å². The SMILES string of the molecule is CCC1CCN(CCCCCBr)C1. The molecule has 0 aromatic carbocycles. The van der Waals surface area contributed by atoms with Crippen LogP contribution in [0.15, 0.2) is 0 Å². The molecule has 78 valence electrons. The average Bonchev–Trinajstić information content (AvgIpc) is 2.60. The van der Waals surface area contributed by atoms with Gasteiger partial charge in [-0.1, -0.05) is 35.7 Å². The number of hydrogen-bond donors (Lipinski definition) is 0. The molecule has 1 aliphatic rings. The highest BCUT2D eigenvalue weighted by atomic mass is 79.9. The van der Waals surface area contributed by atoms with E-state index in [-0.39, 0.29) is 0 Å². The lowest BCUT2D eigenvalue weighted by Gasteiger charge is -2.14. The van der Waals surface area contributed by atoms with Gasteiger partial charge in [0.25, 0.3) is 0 Å². The maximum atomic E-state index is 3.47. The molecule has 1 aliphatic heterocycles. The van der Waals surface area contributed by atoms with Crippen LogP contribution in [0.2, 0.25) is 0 Å². The summed E-state index contributed by atoms with van der Waals surface area (Å²) in [5.41, 5.74) is 0. The van der Waals surface area contributed by atoms with E-state index in [0.717, 1.165) is 5.92 Å². The van der Waals surface area contributed by atoms with Crippen LogP contribution < -0.4 is 0 Å². The molecule has 0 aliphatic carbocycles. The molecule has 0 spiro atoms. The van der Waals surface area contributed by atoms with E-state index in [2.05, 4.69) is 27.8 Å². The first kappa shape index (κ1) is 11.5. The number of nitrogens with zero attached hydrogens (tertiary/aromatic N) is 1. The van der Waals surface area contributed by atoms with Gasteiger partial charge >= 0.3 is 0 Å². The summed E-state index contributed by atoms with van der Waals surface area (Å²) in [7, 11) is 0. The molecule has 1 atom stereocenters. The second-order valence-electron chi connectivity index (χ2n) is 4.11. The Kier molecular flexibility index (Phi) is 6.05. The summed E-state index contributed by atoms with van der Waals surface area (Å²) in [6.45, 7) is 6.38. The van der Waals surface area contributed by atoms with Crippen LogP contribution >= 0.6 is 15.9 Å². The van der Waals surface area contributed by atoms with E-state index in [1.807, 2.05) is 0 Å². The Bertz CT molecular complexity index is 127. The van der Waals surface area contributed by atoms with Crippen LogP contribution in [-0.2, 0) is 0 Å². The summed E-state index contributed by atoms with van der Waals surface area (Å²) in [5, 5.41) is 1.17. The van der Waals surface area contributed by atoms with Crippen molar-refractivity contribution in [3.05, 3.63) is 0 Å². The van der Waals surface area contributed by atoms with Gasteiger partial charge in [0.1, 0.15) is 0 Å². The lowest BCUT2D eigenvalue weighted by molar-refractivity contribution is 0.315. The number of hydrogen-bond acceptors (Lipinski definition) is 1. The Hall–Kier alpha value is 0.440. The van der Waals surface area contributed by atoms with Crippen LogP contribution in [0.1, 0.15) is 39.0 Å². The summed E-state index contributed by atoms with van der Waals surface area (Å²) in [6.07, 6.45) is 6.93. The number of halogens is 1. The minimum absolute atomic E-state index is 0.996. The van der Waals surface area contributed by atoms with E-state index in [0.29, 0.717) is 0 Å². The van der Waals surface area contributed by atoms with Crippen molar-refractivity contribution in [2.75, 3.05) is 25.0 Å². The Morgan fingerprint density at radius 3 is 2.77 bits per heavy atom. The fraction of sp³-hybridized carbons (Fsp3) is 1.00. The van der Waals surface area contributed by atoms with Crippen LogP contribution in [0.25, 0.3) is 0 Å². The molecular formula is C11H22BrN. The zero-order chi connectivity index (χ0) is 9.52. The minimum atomic E-state index is 0.996. The third-order valence-corrected chi connectivity index (χ3v) is 3.62. The molecule has 1 rings (SSSR count). The Balaban J connectivity index is 1.97. The average molecular weight is 248 g/mol.